The molecule has 0 radical (unpaired) electrons. The van der Waals surface area contributed by atoms with Gasteiger partial charge in [0.2, 0.25) is 0 Å². The molecule has 3 heteroatoms. The molecular formula is C53H33N3. The molecule has 56 heavy (non-hydrogen) atoms. The molecule has 0 atom stereocenters. The number of pyridine rings is 3. The molecule has 3 heterocycles. The van der Waals surface area contributed by atoms with E-state index in [1.165, 1.54) is 21.5 Å². The van der Waals surface area contributed by atoms with Crippen molar-refractivity contribution in [1.29, 1.82) is 0 Å². The number of rotatable bonds is 5. The van der Waals surface area contributed by atoms with Crippen LogP contribution in [0.5, 0.6) is 0 Å². The highest BCUT2D eigenvalue weighted by atomic mass is 14.8. The highest BCUT2D eigenvalue weighted by molar-refractivity contribution is 6.16. The Kier molecular flexibility index (Phi) is 7.49. The molecule has 0 fully saturated rings. The van der Waals surface area contributed by atoms with Crippen molar-refractivity contribution in [3.63, 3.8) is 0 Å². The number of para-hydroxylation sites is 1. The zero-order valence-corrected chi connectivity index (χ0v) is 30.4. The van der Waals surface area contributed by atoms with Gasteiger partial charge in [0, 0.05) is 38.4 Å². The van der Waals surface area contributed by atoms with Gasteiger partial charge in [-0.1, -0.05) is 164 Å². The zero-order chi connectivity index (χ0) is 37.0. The highest BCUT2D eigenvalue weighted by Crippen LogP contribution is 2.39. The van der Waals surface area contributed by atoms with E-state index < -0.39 is 0 Å². The molecule has 3 nitrogen and oxygen atoms in total. The van der Waals surface area contributed by atoms with Crippen LogP contribution in [0.3, 0.4) is 0 Å². The molecule has 11 aromatic rings. The van der Waals surface area contributed by atoms with Crippen LogP contribution >= 0.6 is 0 Å². The fourth-order valence-corrected chi connectivity index (χ4v) is 8.14. The molecule has 0 saturated heterocycles. The van der Waals surface area contributed by atoms with Gasteiger partial charge in [-0.25, -0.2) is 15.0 Å². The van der Waals surface area contributed by atoms with Crippen molar-refractivity contribution in [3.8, 4) is 56.0 Å². The van der Waals surface area contributed by atoms with Gasteiger partial charge in [-0.05, 0) is 74.6 Å². The molecular weight excluding hydrogens is 679 g/mol. The second-order valence-corrected chi connectivity index (χ2v) is 14.4. The fourth-order valence-electron chi connectivity index (χ4n) is 8.14. The van der Waals surface area contributed by atoms with Crippen LogP contribution in [0, 0.1) is 0 Å². The minimum Gasteiger partial charge on any atom is -0.248 e. The first-order valence-corrected chi connectivity index (χ1v) is 19.0. The van der Waals surface area contributed by atoms with Gasteiger partial charge in [0.05, 0.1) is 33.6 Å². The summed E-state index contributed by atoms with van der Waals surface area (Å²) in [4.78, 5) is 15.8. The van der Waals surface area contributed by atoms with Crippen LogP contribution in [-0.2, 0) is 0 Å². The quantitative estimate of drug-likeness (QED) is 0.132. The topological polar surface area (TPSA) is 38.7 Å². The van der Waals surface area contributed by atoms with E-state index in [1.54, 1.807) is 0 Å². The summed E-state index contributed by atoms with van der Waals surface area (Å²) in [6.45, 7) is 0. The summed E-state index contributed by atoms with van der Waals surface area (Å²) in [5.41, 5.74) is 13.4. The lowest BCUT2D eigenvalue weighted by Gasteiger charge is -2.14. The lowest BCUT2D eigenvalue weighted by molar-refractivity contribution is 1.32. The van der Waals surface area contributed by atoms with E-state index in [0.717, 1.165) is 88.7 Å². The van der Waals surface area contributed by atoms with Gasteiger partial charge < -0.3 is 0 Å². The summed E-state index contributed by atoms with van der Waals surface area (Å²) >= 11 is 0. The standard InChI is InChI=1S/C53H33N3/c1-2-12-36(13-3-1)47-29-27-39-26-28-46-51(45-16-8-9-17-48(45)56-53(46)52(39)55-47)38-22-20-37(21-23-38)49-32-44(42-24-18-34-10-4-6-14-40(34)30-42)33-50(54-49)43-25-19-35-11-5-7-15-41(35)31-43/h1-33H. The van der Waals surface area contributed by atoms with Gasteiger partial charge in [0.25, 0.3) is 0 Å². The van der Waals surface area contributed by atoms with E-state index in [9.17, 15) is 0 Å². The largest absolute Gasteiger partial charge is 0.248 e. The second-order valence-electron chi connectivity index (χ2n) is 14.4. The second kappa shape index (κ2) is 13.1. The van der Waals surface area contributed by atoms with Crippen LogP contribution in [0.2, 0.25) is 0 Å². The summed E-state index contributed by atoms with van der Waals surface area (Å²) in [5, 5.41) is 8.13. The zero-order valence-electron chi connectivity index (χ0n) is 30.4. The Morgan fingerprint density at radius 3 is 1.57 bits per heavy atom. The van der Waals surface area contributed by atoms with Gasteiger partial charge in [0.1, 0.15) is 0 Å². The number of benzene rings is 8. The first kappa shape index (κ1) is 32.0. The average molecular weight is 712 g/mol. The first-order valence-electron chi connectivity index (χ1n) is 19.0. The monoisotopic (exact) mass is 711 g/mol. The molecule has 0 unspecified atom stereocenters. The maximum Gasteiger partial charge on any atom is 0.0978 e. The Labute approximate surface area is 324 Å². The molecule has 3 aromatic heterocycles. The van der Waals surface area contributed by atoms with Crippen LogP contribution in [0.1, 0.15) is 0 Å². The molecule has 0 N–H and O–H groups in total. The smallest absolute Gasteiger partial charge is 0.0978 e. The van der Waals surface area contributed by atoms with Crippen LogP contribution in [-0.4, -0.2) is 15.0 Å². The van der Waals surface area contributed by atoms with E-state index >= 15 is 0 Å². The number of hydrogen-bond acceptors (Lipinski definition) is 3. The van der Waals surface area contributed by atoms with Crippen molar-refractivity contribution in [3.05, 3.63) is 200 Å². The van der Waals surface area contributed by atoms with Crippen molar-refractivity contribution < 1.29 is 0 Å². The van der Waals surface area contributed by atoms with E-state index in [4.69, 9.17) is 15.0 Å². The molecule has 260 valence electrons. The predicted molar refractivity (Wildman–Crippen MR) is 235 cm³/mol. The molecule has 0 aliphatic rings. The van der Waals surface area contributed by atoms with Crippen molar-refractivity contribution >= 4 is 54.3 Å². The maximum absolute atomic E-state index is 5.32. The summed E-state index contributed by atoms with van der Waals surface area (Å²) in [6.07, 6.45) is 0. The molecule has 0 aliphatic carbocycles. The molecule has 0 aliphatic heterocycles. The van der Waals surface area contributed by atoms with E-state index in [-0.39, 0.29) is 0 Å². The van der Waals surface area contributed by atoms with Crippen molar-refractivity contribution in [2.45, 2.75) is 0 Å². The Balaban J connectivity index is 1.07. The third-order valence-corrected chi connectivity index (χ3v) is 11.0. The van der Waals surface area contributed by atoms with E-state index in [2.05, 4.69) is 194 Å². The normalized spacial score (nSPS) is 11.6. The fraction of sp³-hybridized carbons (Fsp3) is 0. The Morgan fingerprint density at radius 2 is 0.804 bits per heavy atom. The van der Waals surface area contributed by atoms with E-state index in [1.807, 2.05) is 6.07 Å². The molecule has 0 spiro atoms. The lowest BCUT2D eigenvalue weighted by Crippen LogP contribution is -1.94. The molecule has 8 aromatic carbocycles. The SMILES string of the molecule is c1ccc(-c2ccc3ccc4c(-c5ccc(-c6cc(-c7ccc8ccccc8c7)cc(-c7ccc8ccccc8c7)n6)cc5)c5ccccc5nc4c3n2)cc1. The number of aromatic nitrogens is 3. The van der Waals surface area contributed by atoms with Crippen molar-refractivity contribution in [2.75, 3.05) is 0 Å². The summed E-state index contributed by atoms with van der Waals surface area (Å²) in [7, 11) is 0. The van der Waals surface area contributed by atoms with Gasteiger partial charge in [0.15, 0.2) is 0 Å². The van der Waals surface area contributed by atoms with E-state index in [0.29, 0.717) is 0 Å². The molecule has 0 amide bonds. The number of hydrogen-bond donors (Lipinski definition) is 0. The maximum atomic E-state index is 5.32. The Bertz CT molecular complexity index is 3200. The summed E-state index contributed by atoms with van der Waals surface area (Å²) in [6, 6.07) is 71.1. The van der Waals surface area contributed by atoms with Crippen LogP contribution in [0.4, 0.5) is 0 Å². The van der Waals surface area contributed by atoms with Crippen LogP contribution in [0.25, 0.3) is 110 Å². The molecule has 11 rings (SSSR count). The third-order valence-electron chi connectivity index (χ3n) is 11.0. The Hall–Kier alpha value is -7.49. The molecule has 0 bridgehead atoms. The van der Waals surface area contributed by atoms with Crippen molar-refractivity contribution in [2.24, 2.45) is 0 Å². The summed E-state index contributed by atoms with van der Waals surface area (Å²) in [5.74, 6) is 0. The average Bonchev–Trinajstić information content (AvgIpc) is 3.28. The van der Waals surface area contributed by atoms with Gasteiger partial charge >= 0.3 is 0 Å². The van der Waals surface area contributed by atoms with Crippen LogP contribution in [0.15, 0.2) is 200 Å². The van der Waals surface area contributed by atoms with Crippen LogP contribution < -0.4 is 0 Å². The van der Waals surface area contributed by atoms with Crippen molar-refractivity contribution in [1.82, 2.24) is 15.0 Å². The molecule has 0 saturated carbocycles. The minimum atomic E-state index is 0.905. The minimum absolute atomic E-state index is 0.905. The first-order chi connectivity index (χ1) is 27.7. The van der Waals surface area contributed by atoms with Gasteiger partial charge in [-0.15, -0.1) is 0 Å². The van der Waals surface area contributed by atoms with Gasteiger partial charge in [-0.3, -0.25) is 0 Å². The van der Waals surface area contributed by atoms with Gasteiger partial charge in [-0.2, -0.15) is 0 Å². The lowest BCUT2D eigenvalue weighted by atomic mass is 9.93. The highest BCUT2D eigenvalue weighted by Gasteiger charge is 2.16. The number of nitrogens with zero attached hydrogens (tertiary/aromatic N) is 3. The third kappa shape index (κ3) is 5.57. The summed E-state index contributed by atoms with van der Waals surface area (Å²) < 4.78 is 0. The number of fused-ring (bicyclic) bond motifs is 6. The Morgan fingerprint density at radius 1 is 0.250 bits per heavy atom. The predicted octanol–water partition coefficient (Wildman–Crippen LogP) is 14.0.